The first kappa shape index (κ1) is 11.7. The predicted molar refractivity (Wildman–Crippen MR) is 63.9 cm³/mol. The van der Waals surface area contributed by atoms with Crippen molar-refractivity contribution in [2.75, 3.05) is 6.54 Å². The molecule has 17 heavy (non-hydrogen) atoms. The zero-order valence-electron chi connectivity index (χ0n) is 9.43. The molecule has 7 heteroatoms. The summed E-state index contributed by atoms with van der Waals surface area (Å²) in [6.45, 7) is 2.45. The maximum Gasteiger partial charge on any atom is 0.282 e. The Labute approximate surface area is 102 Å². The van der Waals surface area contributed by atoms with Crippen molar-refractivity contribution in [1.82, 2.24) is 25.7 Å². The number of amides is 1. The highest BCUT2D eigenvalue weighted by Gasteiger charge is 2.09. The van der Waals surface area contributed by atoms with E-state index in [1.165, 1.54) is 11.3 Å². The number of carbonyl (C=O) groups is 1. The van der Waals surface area contributed by atoms with Gasteiger partial charge in [0.1, 0.15) is 5.01 Å². The van der Waals surface area contributed by atoms with Gasteiger partial charge in [0.2, 0.25) is 5.01 Å². The number of carbonyl (C=O) groups excluding carboxylic acids is 1. The van der Waals surface area contributed by atoms with Crippen LogP contribution in [0.15, 0.2) is 12.3 Å². The van der Waals surface area contributed by atoms with Crippen LogP contribution in [0.2, 0.25) is 0 Å². The van der Waals surface area contributed by atoms with Crippen LogP contribution < -0.4 is 5.32 Å². The fourth-order valence-electron chi connectivity index (χ4n) is 1.37. The van der Waals surface area contributed by atoms with Crippen molar-refractivity contribution in [2.24, 2.45) is 0 Å². The number of nitrogens with one attached hydrogen (secondary N) is 2. The minimum absolute atomic E-state index is 0.153. The first-order valence-corrected chi connectivity index (χ1v) is 6.14. The molecule has 0 radical (unpaired) electrons. The molecule has 2 aromatic heterocycles. The summed E-state index contributed by atoms with van der Waals surface area (Å²) in [7, 11) is 0. The van der Waals surface area contributed by atoms with Crippen molar-refractivity contribution in [3.05, 3.63) is 28.0 Å². The lowest BCUT2D eigenvalue weighted by Crippen LogP contribution is -2.24. The average molecular weight is 251 g/mol. The summed E-state index contributed by atoms with van der Waals surface area (Å²) in [6, 6.07) is 1.93. The fraction of sp³-hybridized carbons (Fsp3) is 0.400. The van der Waals surface area contributed by atoms with Crippen molar-refractivity contribution >= 4 is 17.2 Å². The van der Waals surface area contributed by atoms with E-state index in [0.717, 1.165) is 23.5 Å². The average Bonchev–Trinajstić information content (AvgIpc) is 2.95. The molecule has 2 heterocycles. The summed E-state index contributed by atoms with van der Waals surface area (Å²) < 4.78 is 0. The standard InChI is InChI=1S/C10H13N5OS/c1-7-13-15-10(17-7)9(16)11-5-2-3-8-4-6-12-14-8/h4,6H,2-3,5H2,1H3,(H,11,16)(H,12,14). The van der Waals surface area contributed by atoms with E-state index in [-0.39, 0.29) is 5.91 Å². The second-order valence-electron chi connectivity index (χ2n) is 3.57. The van der Waals surface area contributed by atoms with Crippen molar-refractivity contribution in [2.45, 2.75) is 19.8 Å². The molecule has 6 nitrogen and oxygen atoms in total. The van der Waals surface area contributed by atoms with E-state index in [1.54, 1.807) is 6.20 Å². The molecule has 0 unspecified atom stereocenters. The number of aryl methyl sites for hydroxylation is 2. The third-order valence-electron chi connectivity index (χ3n) is 2.19. The zero-order chi connectivity index (χ0) is 12.1. The van der Waals surface area contributed by atoms with Gasteiger partial charge in [0, 0.05) is 18.4 Å². The molecule has 2 N–H and O–H groups in total. The minimum Gasteiger partial charge on any atom is -0.350 e. The lowest BCUT2D eigenvalue weighted by Gasteiger charge is -2.01. The van der Waals surface area contributed by atoms with Gasteiger partial charge >= 0.3 is 0 Å². The highest BCUT2D eigenvalue weighted by molar-refractivity contribution is 7.13. The Morgan fingerprint density at radius 1 is 1.53 bits per heavy atom. The second-order valence-corrected chi connectivity index (χ2v) is 4.75. The van der Waals surface area contributed by atoms with Gasteiger partial charge in [0.15, 0.2) is 0 Å². The van der Waals surface area contributed by atoms with Gasteiger partial charge in [-0.25, -0.2) is 0 Å². The number of aromatic amines is 1. The molecule has 0 saturated carbocycles. The molecule has 0 aliphatic carbocycles. The smallest absolute Gasteiger partial charge is 0.282 e. The summed E-state index contributed by atoms with van der Waals surface area (Å²) in [5, 5.41) is 18.3. The molecule has 0 aliphatic rings. The number of H-pyrrole nitrogens is 1. The van der Waals surface area contributed by atoms with Crippen LogP contribution in [-0.2, 0) is 6.42 Å². The van der Waals surface area contributed by atoms with E-state index in [2.05, 4.69) is 25.7 Å². The summed E-state index contributed by atoms with van der Waals surface area (Å²) in [4.78, 5) is 11.6. The molecule has 90 valence electrons. The van der Waals surface area contributed by atoms with E-state index in [0.29, 0.717) is 11.6 Å². The molecular weight excluding hydrogens is 238 g/mol. The third-order valence-corrected chi connectivity index (χ3v) is 3.02. The van der Waals surface area contributed by atoms with Gasteiger partial charge in [0.25, 0.3) is 5.91 Å². The van der Waals surface area contributed by atoms with Crippen molar-refractivity contribution < 1.29 is 4.79 Å². The van der Waals surface area contributed by atoms with Gasteiger partial charge in [-0.3, -0.25) is 9.89 Å². The van der Waals surface area contributed by atoms with Gasteiger partial charge in [-0.05, 0) is 25.8 Å². The van der Waals surface area contributed by atoms with E-state index in [9.17, 15) is 4.79 Å². The van der Waals surface area contributed by atoms with E-state index < -0.39 is 0 Å². The molecular formula is C10H13N5OS. The summed E-state index contributed by atoms with van der Waals surface area (Å²) in [6.07, 6.45) is 3.46. The Balaban J connectivity index is 1.70. The van der Waals surface area contributed by atoms with E-state index in [4.69, 9.17) is 0 Å². The normalized spacial score (nSPS) is 10.4. The molecule has 2 aromatic rings. The van der Waals surface area contributed by atoms with Gasteiger partial charge in [-0.2, -0.15) is 5.10 Å². The largest absolute Gasteiger partial charge is 0.350 e. The topological polar surface area (TPSA) is 83.6 Å². The third kappa shape index (κ3) is 3.35. The number of hydrogen-bond acceptors (Lipinski definition) is 5. The van der Waals surface area contributed by atoms with Crippen LogP contribution in [-0.4, -0.2) is 32.8 Å². The number of rotatable bonds is 5. The lowest BCUT2D eigenvalue weighted by atomic mass is 10.2. The molecule has 0 fully saturated rings. The van der Waals surface area contributed by atoms with Crippen LogP contribution in [0.3, 0.4) is 0 Å². The Morgan fingerprint density at radius 3 is 3.06 bits per heavy atom. The number of hydrogen-bond donors (Lipinski definition) is 2. The Morgan fingerprint density at radius 2 is 2.41 bits per heavy atom. The molecule has 1 amide bonds. The first-order chi connectivity index (χ1) is 8.25. The van der Waals surface area contributed by atoms with Gasteiger partial charge < -0.3 is 5.32 Å². The SMILES string of the molecule is Cc1nnc(C(=O)NCCCc2ccn[nH]2)s1. The Kier molecular flexibility index (Phi) is 3.81. The zero-order valence-corrected chi connectivity index (χ0v) is 10.3. The van der Waals surface area contributed by atoms with Crippen molar-refractivity contribution in [3.63, 3.8) is 0 Å². The number of nitrogens with zero attached hydrogens (tertiary/aromatic N) is 3. The summed E-state index contributed by atoms with van der Waals surface area (Å²) in [5.74, 6) is -0.153. The van der Waals surface area contributed by atoms with Crippen molar-refractivity contribution in [1.29, 1.82) is 0 Å². The molecule has 0 bridgehead atoms. The molecule has 0 aliphatic heterocycles. The van der Waals surface area contributed by atoms with Crippen LogP contribution in [0.4, 0.5) is 0 Å². The predicted octanol–water partition coefficient (Wildman–Crippen LogP) is 0.932. The maximum absolute atomic E-state index is 11.6. The van der Waals surface area contributed by atoms with Crippen LogP contribution in [0.5, 0.6) is 0 Å². The Hall–Kier alpha value is -1.76. The van der Waals surface area contributed by atoms with Gasteiger partial charge in [-0.1, -0.05) is 11.3 Å². The Bertz CT molecular complexity index is 479. The van der Waals surface area contributed by atoms with Crippen LogP contribution >= 0.6 is 11.3 Å². The van der Waals surface area contributed by atoms with E-state index in [1.807, 2.05) is 13.0 Å². The summed E-state index contributed by atoms with van der Waals surface area (Å²) >= 11 is 1.30. The van der Waals surface area contributed by atoms with Crippen LogP contribution in [0, 0.1) is 6.92 Å². The van der Waals surface area contributed by atoms with Gasteiger partial charge in [0.05, 0.1) is 0 Å². The van der Waals surface area contributed by atoms with Crippen LogP contribution in [0.1, 0.15) is 26.9 Å². The highest BCUT2D eigenvalue weighted by Crippen LogP contribution is 2.07. The molecule has 0 aromatic carbocycles. The lowest BCUT2D eigenvalue weighted by molar-refractivity contribution is 0.0952. The quantitative estimate of drug-likeness (QED) is 0.774. The molecule has 0 spiro atoms. The number of aromatic nitrogens is 4. The monoisotopic (exact) mass is 251 g/mol. The second kappa shape index (κ2) is 5.53. The fourth-order valence-corrected chi connectivity index (χ4v) is 1.98. The van der Waals surface area contributed by atoms with Gasteiger partial charge in [-0.15, -0.1) is 10.2 Å². The molecule has 0 saturated heterocycles. The first-order valence-electron chi connectivity index (χ1n) is 5.32. The molecule has 2 rings (SSSR count). The highest BCUT2D eigenvalue weighted by atomic mass is 32.1. The minimum atomic E-state index is -0.153. The van der Waals surface area contributed by atoms with Crippen LogP contribution in [0.25, 0.3) is 0 Å². The maximum atomic E-state index is 11.6. The molecule has 0 atom stereocenters. The van der Waals surface area contributed by atoms with Crippen molar-refractivity contribution in [3.8, 4) is 0 Å². The summed E-state index contributed by atoms with van der Waals surface area (Å²) in [5.41, 5.74) is 1.08. The van der Waals surface area contributed by atoms with E-state index >= 15 is 0 Å².